The average Bonchev–Trinajstić information content (AvgIpc) is 2.80. The molecule has 6 nitrogen and oxygen atoms in total. The van der Waals surface area contributed by atoms with Crippen LogP contribution in [0.5, 0.6) is 0 Å². The summed E-state index contributed by atoms with van der Waals surface area (Å²) in [6.07, 6.45) is 0.496. The van der Waals surface area contributed by atoms with Crippen LogP contribution in [0.4, 0.5) is 5.69 Å². The number of carbonyl (C=O) groups excluding carboxylic acids is 1. The molecule has 0 spiro atoms. The zero-order chi connectivity index (χ0) is 17.3. The number of anilines is 1. The number of rotatable bonds is 5. The van der Waals surface area contributed by atoms with Gasteiger partial charge < -0.3 is 9.73 Å². The lowest BCUT2D eigenvalue weighted by Gasteiger charge is -2.11. The maximum atomic E-state index is 11.9. The number of benzene rings is 1. The predicted octanol–water partition coefficient (Wildman–Crippen LogP) is 2.89. The lowest BCUT2D eigenvalue weighted by atomic mass is 9.97. The Hall–Kier alpha value is -1.89. The lowest BCUT2D eigenvalue weighted by molar-refractivity contribution is -0.113. The summed E-state index contributed by atoms with van der Waals surface area (Å²) in [7, 11) is -3.35. The first-order chi connectivity index (χ1) is 10.6. The highest BCUT2D eigenvalue weighted by Crippen LogP contribution is 2.27. The van der Waals surface area contributed by atoms with Gasteiger partial charge in [-0.15, -0.1) is 0 Å². The molecule has 1 aromatic heterocycles. The Bertz CT molecular complexity index is 816. The van der Waals surface area contributed by atoms with Gasteiger partial charge in [-0.2, -0.15) is 0 Å². The van der Waals surface area contributed by atoms with Crippen LogP contribution in [0.15, 0.2) is 22.6 Å². The minimum absolute atomic E-state index is 0.0116. The maximum Gasteiger partial charge on any atom is 0.239 e. The standard InChI is InChI=1S/C16H22N2O4S/c1-5-8-23(20,21)10-14(19)17-11-6-7-13-12(9-11)18-15(22-13)16(2,3)4/h6-7,9H,5,8,10H2,1-4H3,(H,17,19). The third kappa shape index (κ3) is 4.54. The highest BCUT2D eigenvalue weighted by atomic mass is 32.2. The van der Waals surface area contributed by atoms with E-state index in [1.807, 2.05) is 20.8 Å². The van der Waals surface area contributed by atoms with E-state index in [1.165, 1.54) is 0 Å². The van der Waals surface area contributed by atoms with Crippen LogP contribution in [-0.2, 0) is 20.0 Å². The Morgan fingerprint density at radius 3 is 2.61 bits per heavy atom. The third-order valence-corrected chi connectivity index (χ3v) is 4.91. The van der Waals surface area contributed by atoms with Crippen molar-refractivity contribution < 1.29 is 17.6 Å². The fraction of sp³-hybridized carbons (Fsp3) is 0.500. The molecule has 1 N–H and O–H groups in total. The minimum atomic E-state index is -3.35. The second-order valence-corrected chi connectivity index (χ2v) is 8.78. The van der Waals surface area contributed by atoms with E-state index < -0.39 is 21.5 Å². The molecule has 0 radical (unpaired) electrons. The highest BCUT2D eigenvalue weighted by molar-refractivity contribution is 7.92. The molecule has 0 aliphatic carbocycles. The molecule has 7 heteroatoms. The van der Waals surface area contributed by atoms with E-state index in [9.17, 15) is 13.2 Å². The molecule has 0 atom stereocenters. The summed E-state index contributed by atoms with van der Waals surface area (Å²) in [6, 6.07) is 5.07. The smallest absolute Gasteiger partial charge is 0.239 e. The number of hydrogen-bond donors (Lipinski definition) is 1. The monoisotopic (exact) mass is 338 g/mol. The first-order valence-corrected chi connectivity index (χ1v) is 9.34. The SMILES string of the molecule is CCCS(=O)(=O)CC(=O)Nc1ccc2oc(C(C)(C)C)nc2c1. The maximum absolute atomic E-state index is 11.9. The lowest BCUT2D eigenvalue weighted by Crippen LogP contribution is -2.24. The highest BCUT2D eigenvalue weighted by Gasteiger charge is 2.21. The van der Waals surface area contributed by atoms with Crippen LogP contribution in [0.2, 0.25) is 0 Å². The Kier molecular flexibility index (Phi) is 4.79. The van der Waals surface area contributed by atoms with Crippen LogP contribution >= 0.6 is 0 Å². The van der Waals surface area contributed by atoms with Gasteiger partial charge in [0.1, 0.15) is 11.3 Å². The van der Waals surface area contributed by atoms with Crippen molar-refractivity contribution in [2.45, 2.75) is 39.5 Å². The molecule has 2 aromatic rings. The minimum Gasteiger partial charge on any atom is -0.440 e. The average molecular weight is 338 g/mol. The van der Waals surface area contributed by atoms with E-state index in [2.05, 4.69) is 10.3 Å². The summed E-state index contributed by atoms with van der Waals surface area (Å²) in [6.45, 7) is 7.76. The van der Waals surface area contributed by atoms with Crippen molar-refractivity contribution in [1.82, 2.24) is 4.98 Å². The number of hydrogen-bond acceptors (Lipinski definition) is 5. The molecule has 2 rings (SSSR count). The normalized spacial score (nSPS) is 12.5. The number of aromatic nitrogens is 1. The fourth-order valence-electron chi connectivity index (χ4n) is 2.11. The van der Waals surface area contributed by atoms with E-state index in [-0.39, 0.29) is 11.2 Å². The van der Waals surface area contributed by atoms with Gasteiger partial charge >= 0.3 is 0 Å². The Balaban J connectivity index is 2.16. The molecule has 0 unspecified atom stereocenters. The van der Waals surface area contributed by atoms with Gasteiger partial charge in [0, 0.05) is 11.1 Å². The number of fused-ring (bicyclic) bond motifs is 1. The van der Waals surface area contributed by atoms with Gasteiger partial charge in [0.15, 0.2) is 15.4 Å². The van der Waals surface area contributed by atoms with Crippen LogP contribution in [0, 0.1) is 0 Å². The van der Waals surface area contributed by atoms with Crippen molar-refractivity contribution in [3.05, 3.63) is 24.1 Å². The van der Waals surface area contributed by atoms with Gasteiger partial charge in [-0.3, -0.25) is 4.79 Å². The zero-order valence-corrected chi connectivity index (χ0v) is 14.7. The summed E-state index contributed by atoms with van der Waals surface area (Å²) < 4.78 is 29.0. The quantitative estimate of drug-likeness (QED) is 0.905. The molecule has 1 heterocycles. The summed E-state index contributed by atoms with van der Waals surface area (Å²) in [5, 5.41) is 2.60. The van der Waals surface area contributed by atoms with Crippen molar-refractivity contribution in [1.29, 1.82) is 0 Å². The molecule has 0 saturated carbocycles. The Morgan fingerprint density at radius 2 is 2.00 bits per heavy atom. The summed E-state index contributed by atoms with van der Waals surface area (Å²) >= 11 is 0. The number of sulfone groups is 1. The van der Waals surface area contributed by atoms with Gasteiger partial charge in [-0.25, -0.2) is 13.4 Å². The number of carbonyl (C=O) groups is 1. The van der Waals surface area contributed by atoms with Gasteiger partial charge in [-0.1, -0.05) is 27.7 Å². The first kappa shape index (κ1) is 17.5. The summed E-state index contributed by atoms with van der Waals surface area (Å²) in [4.78, 5) is 16.3. The number of nitrogens with one attached hydrogen (secondary N) is 1. The molecule has 126 valence electrons. The molecule has 23 heavy (non-hydrogen) atoms. The topological polar surface area (TPSA) is 89.3 Å². The number of oxazole rings is 1. The van der Waals surface area contributed by atoms with E-state index in [1.54, 1.807) is 25.1 Å². The van der Waals surface area contributed by atoms with Gasteiger partial charge in [0.2, 0.25) is 11.8 Å². The molecule has 0 aliphatic rings. The molecule has 1 amide bonds. The van der Waals surface area contributed by atoms with Crippen LogP contribution in [-0.4, -0.2) is 30.8 Å². The largest absolute Gasteiger partial charge is 0.440 e. The second kappa shape index (κ2) is 6.31. The van der Waals surface area contributed by atoms with E-state index in [0.29, 0.717) is 29.1 Å². The summed E-state index contributed by atoms with van der Waals surface area (Å²) in [5.74, 6) is -0.429. The van der Waals surface area contributed by atoms with Crippen molar-refractivity contribution in [2.24, 2.45) is 0 Å². The fourth-order valence-corrected chi connectivity index (χ4v) is 3.34. The van der Waals surface area contributed by atoms with Crippen molar-refractivity contribution in [2.75, 3.05) is 16.8 Å². The molecule has 1 aromatic carbocycles. The van der Waals surface area contributed by atoms with E-state index in [4.69, 9.17) is 4.42 Å². The second-order valence-electron chi connectivity index (χ2n) is 6.59. The van der Waals surface area contributed by atoms with Crippen LogP contribution < -0.4 is 5.32 Å². The Labute approximate surface area is 136 Å². The van der Waals surface area contributed by atoms with Crippen molar-refractivity contribution >= 4 is 32.5 Å². The summed E-state index contributed by atoms with van der Waals surface area (Å²) in [5.41, 5.74) is 1.55. The first-order valence-electron chi connectivity index (χ1n) is 7.52. The zero-order valence-electron chi connectivity index (χ0n) is 13.8. The molecule has 0 fully saturated rings. The van der Waals surface area contributed by atoms with Crippen molar-refractivity contribution in [3.8, 4) is 0 Å². The van der Waals surface area contributed by atoms with Gasteiger partial charge in [-0.05, 0) is 24.6 Å². The Morgan fingerprint density at radius 1 is 1.30 bits per heavy atom. The van der Waals surface area contributed by atoms with Crippen LogP contribution in [0.25, 0.3) is 11.1 Å². The molecule has 0 aliphatic heterocycles. The number of amides is 1. The van der Waals surface area contributed by atoms with Crippen LogP contribution in [0.3, 0.4) is 0 Å². The molecular formula is C16H22N2O4S. The molecule has 0 saturated heterocycles. The predicted molar refractivity (Wildman–Crippen MR) is 90.3 cm³/mol. The van der Waals surface area contributed by atoms with Gasteiger partial charge in [0.25, 0.3) is 0 Å². The number of nitrogens with zero attached hydrogens (tertiary/aromatic N) is 1. The molecule has 0 bridgehead atoms. The van der Waals surface area contributed by atoms with E-state index >= 15 is 0 Å². The van der Waals surface area contributed by atoms with Crippen LogP contribution in [0.1, 0.15) is 40.0 Å². The third-order valence-electron chi connectivity index (χ3n) is 3.18. The van der Waals surface area contributed by atoms with E-state index in [0.717, 1.165) is 0 Å². The van der Waals surface area contributed by atoms with Gasteiger partial charge in [0.05, 0.1) is 5.75 Å². The van der Waals surface area contributed by atoms with Crippen molar-refractivity contribution in [3.63, 3.8) is 0 Å². The molecular weight excluding hydrogens is 316 g/mol.